The fourth-order valence-corrected chi connectivity index (χ4v) is 1.17. The van der Waals surface area contributed by atoms with Crippen LogP contribution in [0.5, 0.6) is 5.75 Å². The quantitative estimate of drug-likeness (QED) is 0.802. The van der Waals surface area contributed by atoms with Gasteiger partial charge >= 0.3 is 5.97 Å². The Labute approximate surface area is 103 Å². The van der Waals surface area contributed by atoms with Crippen LogP contribution in [-0.4, -0.2) is 24.6 Å². The Bertz CT molecular complexity index is 422. The monoisotopic (exact) mass is 257 g/mol. The lowest BCUT2D eigenvalue weighted by atomic mass is 10.3. The molecule has 92 valence electrons. The molecule has 0 saturated heterocycles. The largest absolute Gasteiger partial charge is 0.482 e. The molecule has 1 aromatic carbocycles. The van der Waals surface area contributed by atoms with Crippen molar-refractivity contribution in [2.24, 2.45) is 5.73 Å². The van der Waals surface area contributed by atoms with Crippen molar-refractivity contribution in [3.8, 4) is 5.75 Å². The van der Waals surface area contributed by atoms with Gasteiger partial charge in [0.2, 0.25) is 0 Å². The van der Waals surface area contributed by atoms with Crippen molar-refractivity contribution >= 4 is 23.5 Å². The van der Waals surface area contributed by atoms with Crippen LogP contribution >= 0.6 is 11.6 Å². The van der Waals surface area contributed by atoms with Gasteiger partial charge in [0, 0.05) is 5.02 Å². The molecule has 1 amide bonds. The van der Waals surface area contributed by atoms with Crippen molar-refractivity contribution in [3.05, 3.63) is 29.3 Å². The molecule has 0 radical (unpaired) electrons. The van der Waals surface area contributed by atoms with Gasteiger partial charge in [0.25, 0.3) is 5.91 Å². The van der Waals surface area contributed by atoms with Crippen LogP contribution in [0.4, 0.5) is 0 Å². The summed E-state index contributed by atoms with van der Waals surface area (Å²) in [5, 5.41) is 0.501. The SMILES string of the molecule is C[C@@H](OC(=O)COc1cccc(Cl)c1)C(N)=O. The molecule has 1 aromatic rings. The van der Waals surface area contributed by atoms with E-state index in [2.05, 4.69) is 0 Å². The predicted octanol–water partition coefficient (Wildman–Crippen LogP) is 1.14. The van der Waals surface area contributed by atoms with E-state index >= 15 is 0 Å². The van der Waals surface area contributed by atoms with Crippen LogP contribution < -0.4 is 10.5 Å². The molecular weight excluding hydrogens is 246 g/mol. The summed E-state index contributed by atoms with van der Waals surface area (Å²) in [6, 6.07) is 6.58. The molecule has 0 spiro atoms. The first-order valence-electron chi connectivity index (χ1n) is 4.86. The number of nitrogens with two attached hydrogens (primary N) is 1. The summed E-state index contributed by atoms with van der Waals surface area (Å²) in [6.07, 6.45) is -0.967. The van der Waals surface area contributed by atoms with Crippen LogP contribution in [0.15, 0.2) is 24.3 Å². The van der Waals surface area contributed by atoms with E-state index in [1.165, 1.54) is 6.92 Å². The molecule has 0 heterocycles. The van der Waals surface area contributed by atoms with Gasteiger partial charge in [-0.3, -0.25) is 4.79 Å². The molecule has 0 aromatic heterocycles. The lowest BCUT2D eigenvalue weighted by molar-refractivity contribution is -0.155. The minimum atomic E-state index is -0.967. The van der Waals surface area contributed by atoms with E-state index in [-0.39, 0.29) is 6.61 Å². The summed E-state index contributed by atoms with van der Waals surface area (Å²) in [4.78, 5) is 21.9. The molecule has 17 heavy (non-hydrogen) atoms. The smallest absolute Gasteiger partial charge is 0.344 e. The molecule has 0 fully saturated rings. The maximum absolute atomic E-state index is 11.2. The third-order valence-corrected chi connectivity index (χ3v) is 2.10. The Hall–Kier alpha value is -1.75. The van der Waals surface area contributed by atoms with E-state index in [0.717, 1.165) is 0 Å². The number of ether oxygens (including phenoxy) is 2. The van der Waals surface area contributed by atoms with Gasteiger partial charge in [0.15, 0.2) is 12.7 Å². The van der Waals surface area contributed by atoms with Crippen molar-refractivity contribution in [2.75, 3.05) is 6.61 Å². The molecular formula is C11H12ClNO4. The van der Waals surface area contributed by atoms with Crippen molar-refractivity contribution in [1.82, 2.24) is 0 Å². The fraction of sp³-hybridized carbons (Fsp3) is 0.273. The zero-order valence-corrected chi connectivity index (χ0v) is 9.94. The molecule has 5 nitrogen and oxygen atoms in total. The Balaban J connectivity index is 2.41. The molecule has 0 aliphatic rings. The highest BCUT2D eigenvalue weighted by atomic mass is 35.5. The van der Waals surface area contributed by atoms with Crippen molar-refractivity contribution < 1.29 is 19.1 Å². The summed E-state index contributed by atoms with van der Waals surface area (Å²) in [6.45, 7) is 1.08. The second-order valence-corrected chi connectivity index (χ2v) is 3.72. The Morgan fingerprint density at radius 2 is 2.18 bits per heavy atom. The molecule has 1 atom stereocenters. The van der Waals surface area contributed by atoms with Crippen LogP contribution in [0.1, 0.15) is 6.92 Å². The summed E-state index contributed by atoms with van der Waals surface area (Å²) in [5.41, 5.74) is 4.94. The van der Waals surface area contributed by atoms with Gasteiger partial charge in [-0.25, -0.2) is 4.79 Å². The van der Waals surface area contributed by atoms with Gasteiger partial charge in [-0.15, -0.1) is 0 Å². The Kier molecular flexibility index (Phi) is 4.78. The number of hydrogen-bond acceptors (Lipinski definition) is 4. The van der Waals surface area contributed by atoms with E-state index in [1.807, 2.05) is 0 Å². The standard InChI is InChI=1S/C11H12ClNO4/c1-7(11(13)15)17-10(14)6-16-9-4-2-3-8(12)5-9/h2-5,7H,6H2,1H3,(H2,13,15)/t7-/m1/s1. The number of amides is 1. The number of halogens is 1. The van der Waals surface area contributed by atoms with Crippen molar-refractivity contribution in [1.29, 1.82) is 0 Å². The summed E-state index contributed by atoms with van der Waals surface area (Å²) in [7, 11) is 0. The number of benzene rings is 1. The summed E-state index contributed by atoms with van der Waals surface area (Å²) < 4.78 is 9.81. The third-order valence-electron chi connectivity index (χ3n) is 1.86. The van der Waals surface area contributed by atoms with Gasteiger partial charge < -0.3 is 15.2 Å². The van der Waals surface area contributed by atoms with Crippen LogP contribution in [0, 0.1) is 0 Å². The average molecular weight is 258 g/mol. The zero-order chi connectivity index (χ0) is 12.8. The first-order chi connectivity index (χ1) is 7.99. The fourth-order valence-electron chi connectivity index (χ4n) is 0.988. The molecule has 2 N–H and O–H groups in total. The summed E-state index contributed by atoms with van der Waals surface area (Å²) in [5.74, 6) is -0.932. The number of carbonyl (C=O) groups excluding carboxylic acids is 2. The topological polar surface area (TPSA) is 78.6 Å². The number of esters is 1. The predicted molar refractivity (Wildman–Crippen MR) is 61.7 cm³/mol. The lowest BCUT2D eigenvalue weighted by Crippen LogP contribution is -2.32. The number of carbonyl (C=O) groups is 2. The van der Waals surface area contributed by atoms with Gasteiger partial charge in [-0.2, -0.15) is 0 Å². The molecule has 0 bridgehead atoms. The zero-order valence-electron chi connectivity index (χ0n) is 9.18. The van der Waals surface area contributed by atoms with Crippen LogP contribution in [0.25, 0.3) is 0 Å². The van der Waals surface area contributed by atoms with Gasteiger partial charge in [-0.05, 0) is 25.1 Å². The minimum absolute atomic E-state index is 0.308. The van der Waals surface area contributed by atoms with Crippen molar-refractivity contribution in [3.63, 3.8) is 0 Å². The molecule has 1 rings (SSSR count). The second kappa shape index (κ2) is 6.10. The maximum atomic E-state index is 11.2. The lowest BCUT2D eigenvalue weighted by Gasteiger charge is -2.10. The first kappa shape index (κ1) is 13.3. The van der Waals surface area contributed by atoms with Crippen LogP contribution in [0.2, 0.25) is 5.02 Å². The molecule has 6 heteroatoms. The number of hydrogen-bond donors (Lipinski definition) is 1. The maximum Gasteiger partial charge on any atom is 0.344 e. The molecule has 0 aliphatic carbocycles. The average Bonchev–Trinajstić information content (AvgIpc) is 2.26. The van der Waals surface area contributed by atoms with E-state index in [0.29, 0.717) is 10.8 Å². The minimum Gasteiger partial charge on any atom is -0.482 e. The van der Waals surface area contributed by atoms with Gasteiger partial charge in [-0.1, -0.05) is 17.7 Å². The molecule has 0 aliphatic heterocycles. The van der Waals surface area contributed by atoms with Crippen molar-refractivity contribution in [2.45, 2.75) is 13.0 Å². The highest BCUT2D eigenvalue weighted by Gasteiger charge is 2.14. The highest BCUT2D eigenvalue weighted by molar-refractivity contribution is 6.30. The van der Waals surface area contributed by atoms with E-state index in [9.17, 15) is 9.59 Å². The van der Waals surface area contributed by atoms with Crippen LogP contribution in [0.3, 0.4) is 0 Å². The molecule has 0 saturated carbocycles. The van der Waals surface area contributed by atoms with E-state index in [4.69, 9.17) is 26.8 Å². The Morgan fingerprint density at radius 1 is 1.47 bits per heavy atom. The highest BCUT2D eigenvalue weighted by Crippen LogP contribution is 2.16. The number of primary amides is 1. The number of rotatable bonds is 5. The normalized spacial score (nSPS) is 11.6. The molecule has 0 unspecified atom stereocenters. The van der Waals surface area contributed by atoms with Crippen LogP contribution in [-0.2, 0) is 14.3 Å². The van der Waals surface area contributed by atoms with E-state index in [1.54, 1.807) is 24.3 Å². The first-order valence-corrected chi connectivity index (χ1v) is 5.24. The van der Waals surface area contributed by atoms with E-state index < -0.39 is 18.0 Å². The summed E-state index contributed by atoms with van der Waals surface area (Å²) >= 11 is 5.73. The third kappa shape index (κ3) is 4.74. The second-order valence-electron chi connectivity index (χ2n) is 3.28. The Morgan fingerprint density at radius 3 is 2.76 bits per heavy atom. The van der Waals surface area contributed by atoms with Gasteiger partial charge in [0.1, 0.15) is 5.75 Å². The van der Waals surface area contributed by atoms with Gasteiger partial charge in [0.05, 0.1) is 0 Å².